The largest absolute Gasteiger partial charge is 0.497 e. The average molecular weight is 357 g/mol. The third kappa shape index (κ3) is 5.61. The molecule has 0 aliphatic carbocycles. The van der Waals surface area contributed by atoms with Crippen LogP contribution in [0.25, 0.3) is 0 Å². The molecule has 1 atom stereocenters. The van der Waals surface area contributed by atoms with Gasteiger partial charge < -0.3 is 10.5 Å². The van der Waals surface area contributed by atoms with Crippen molar-refractivity contribution in [2.75, 3.05) is 26.7 Å². The van der Waals surface area contributed by atoms with Gasteiger partial charge in [-0.15, -0.1) is 0 Å². The van der Waals surface area contributed by atoms with Crippen LogP contribution in [-0.4, -0.2) is 31.6 Å². The Morgan fingerprint density at radius 1 is 1.19 bits per heavy atom. The number of methoxy groups -OCH3 is 1. The highest BCUT2D eigenvalue weighted by Gasteiger charge is 2.21. The molecular weight excluding hydrogens is 328 g/mol. The fourth-order valence-corrected chi connectivity index (χ4v) is 3.03. The minimum atomic E-state index is 0.243. The molecule has 0 fully saturated rings. The molecule has 0 spiro atoms. The minimum absolute atomic E-state index is 0.243. The van der Waals surface area contributed by atoms with Gasteiger partial charge in [0.15, 0.2) is 0 Å². The summed E-state index contributed by atoms with van der Waals surface area (Å²) in [5.41, 5.74) is 7.33. The predicted molar refractivity (Wildman–Crippen MR) is 93.9 cm³/mol. The molecule has 0 saturated carbocycles. The summed E-state index contributed by atoms with van der Waals surface area (Å²) in [6, 6.07) is 6.37. The highest BCUT2D eigenvalue weighted by Crippen LogP contribution is 2.31. The summed E-state index contributed by atoms with van der Waals surface area (Å²) >= 11 is 3.67. The number of ether oxygens (including phenoxy) is 1. The second-order valence-electron chi connectivity index (χ2n) is 5.38. The highest BCUT2D eigenvalue weighted by atomic mass is 79.9. The first-order valence-electron chi connectivity index (χ1n) is 7.95. The molecule has 0 bridgehead atoms. The zero-order valence-corrected chi connectivity index (χ0v) is 15.2. The van der Waals surface area contributed by atoms with Crippen LogP contribution < -0.4 is 10.5 Å². The van der Waals surface area contributed by atoms with Gasteiger partial charge in [-0.3, -0.25) is 4.90 Å². The number of nitrogens with zero attached hydrogens (tertiary/aromatic N) is 1. The first kappa shape index (κ1) is 18.5. The quantitative estimate of drug-likeness (QED) is 0.676. The zero-order valence-electron chi connectivity index (χ0n) is 13.6. The Morgan fingerprint density at radius 2 is 1.81 bits per heavy atom. The van der Waals surface area contributed by atoms with Crippen molar-refractivity contribution in [3.05, 3.63) is 28.2 Å². The van der Waals surface area contributed by atoms with Gasteiger partial charge in [0.1, 0.15) is 5.75 Å². The fourth-order valence-electron chi connectivity index (χ4n) is 2.52. The molecule has 0 saturated heterocycles. The zero-order chi connectivity index (χ0) is 15.7. The lowest BCUT2D eigenvalue weighted by Gasteiger charge is -2.32. The van der Waals surface area contributed by atoms with Gasteiger partial charge in [0, 0.05) is 17.1 Å². The molecule has 0 radical (unpaired) electrons. The second kappa shape index (κ2) is 10.2. The van der Waals surface area contributed by atoms with Gasteiger partial charge in [-0.1, -0.05) is 42.6 Å². The van der Waals surface area contributed by atoms with Gasteiger partial charge >= 0.3 is 0 Å². The predicted octanol–water partition coefficient (Wildman–Crippen LogP) is 4.36. The van der Waals surface area contributed by atoms with Gasteiger partial charge in [0.25, 0.3) is 0 Å². The molecule has 1 rings (SSSR count). The van der Waals surface area contributed by atoms with Crippen LogP contribution in [0.15, 0.2) is 22.7 Å². The Morgan fingerprint density at radius 3 is 2.29 bits per heavy atom. The van der Waals surface area contributed by atoms with Crippen LogP contribution in [-0.2, 0) is 0 Å². The van der Waals surface area contributed by atoms with E-state index < -0.39 is 0 Å². The van der Waals surface area contributed by atoms with Crippen molar-refractivity contribution in [3.63, 3.8) is 0 Å². The third-order valence-corrected chi connectivity index (χ3v) is 4.55. The van der Waals surface area contributed by atoms with Crippen molar-refractivity contribution in [1.82, 2.24) is 4.90 Å². The van der Waals surface area contributed by atoms with Crippen molar-refractivity contribution in [2.45, 2.75) is 45.6 Å². The van der Waals surface area contributed by atoms with E-state index in [0.717, 1.165) is 23.3 Å². The Balaban J connectivity index is 2.99. The van der Waals surface area contributed by atoms with Crippen LogP contribution in [0.4, 0.5) is 0 Å². The van der Waals surface area contributed by atoms with Crippen LogP contribution >= 0.6 is 15.9 Å². The number of hydrogen-bond acceptors (Lipinski definition) is 3. The van der Waals surface area contributed by atoms with Crippen molar-refractivity contribution < 1.29 is 4.74 Å². The Labute approximate surface area is 138 Å². The SMILES string of the molecule is CCCCN(CCCC)C(CN)c1cc(OC)ccc1Br. The van der Waals surface area contributed by atoms with E-state index in [2.05, 4.69) is 46.8 Å². The van der Waals surface area contributed by atoms with E-state index in [-0.39, 0.29) is 6.04 Å². The number of benzene rings is 1. The fraction of sp³-hybridized carbons (Fsp3) is 0.647. The number of halogens is 1. The van der Waals surface area contributed by atoms with Gasteiger partial charge in [0.2, 0.25) is 0 Å². The first-order chi connectivity index (χ1) is 10.2. The maximum atomic E-state index is 6.11. The minimum Gasteiger partial charge on any atom is -0.497 e. The van der Waals surface area contributed by atoms with Gasteiger partial charge in [0.05, 0.1) is 7.11 Å². The summed E-state index contributed by atoms with van der Waals surface area (Å²) in [7, 11) is 1.70. The molecule has 0 aliphatic heterocycles. The van der Waals surface area contributed by atoms with Gasteiger partial charge in [-0.25, -0.2) is 0 Å². The number of rotatable bonds is 10. The van der Waals surface area contributed by atoms with E-state index in [1.165, 1.54) is 31.2 Å². The van der Waals surface area contributed by atoms with E-state index in [9.17, 15) is 0 Å². The molecule has 1 aromatic rings. The number of nitrogens with two attached hydrogens (primary N) is 1. The standard InChI is InChI=1S/C17H29BrN2O/c1-4-6-10-20(11-7-5-2)17(13-19)15-12-14(21-3)8-9-16(15)18/h8-9,12,17H,4-7,10-11,13,19H2,1-3H3. The van der Waals surface area contributed by atoms with Crippen LogP contribution in [0.1, 0.15) is 51.1 Å². The number of unbranched alkanes of at least 4 members (excludes halogenated alkanes) is 2. The molecule has 0 heterocycles. The summed E-state index contributed by atoms with van der Waals surface area (Å²) in [4.78, 5) is 2.52. The maximum absolute atomic E-state index is 6.11. The molecule has 1 unspecified atom stereocenters. The molecule has 0 aromatic heterocycles. The van der Waals surface area contributed by atoms with E-state index >= 15 is 0 Å². The van der Waals surface area contributed by atoms with Crippen LogP contribution in [0.2, 0.25) is 0 Å². The molecule has 120 valence electrons. The molecule has 1 aromatic carbocycles. The van der Waals surface area contributed by atoms with Gasteiger partial charge in [-0.05, 0) is 49.7 Å². The molecule has 0 aliphatic rings. The van der Waals surface area contributed by atoms with E-state index in [1.807, 2.05) is 6.07 Å². The van der Waals surface area contributed by atoms with Crippen molar-refractivity contribution >= 4 is 15.9 Å². The van der Waals surface area contributed by atoms with Gasteiger partial charge in [-0.2, -0.15) is 0 Å². The molecular formula is C17H29BrN2O. The molecule has 2 N–H and O–H groups in total. The maximum Gasteiger partial charge on any atom is 0.119 e. The summed E-state index contributed by atoms with van der Waals surface area (Å²) in [5, 5.41) is 0. The lowest BCUT2D eigenvalue weighted by atomic mass is 10.0. The van der Waals surface area contributed by atoms with E-state index in [0.29, 0.717) is 6.54 Å². The lowest BCUT2D eigenvalue weighted by molar-refractivity contribution is 0.194. The summed E-state index contributed by atoms with van der Waals surface area (Å²) in [5.74, 6) is 0.887. The molecule has 3 nitrogen and oxygen atoms in total. The average Bonchev–Trinajstić information content (AvgIpc) is 2.51. The molecule has 0 amide bonds. The summed E-state index contributed by atoms with van der Waals surface area (Å²) in [6.07, 6.45) is 4.84. The van der Waals surface area contributed by atoms with E-state index in [1.54, 1.807) is 7.11 Å². The topological polar surface area (TPSA) is 38.5 Å². The normalized spacial score (nSPS) is 12.7. The molecule has 4 heteroatoms. The smallest absolute Gasteiger partial charge is 0.119 e. The number of hydrogen-bond donors (Lipinski definition) is 1. The third-order valence-electron chi connectivity index (χ3n) is 3.82. The summed E-state index contributed by atoms with van der Waals surface area (Å²) in [6.45, 7) is 7.29. The summed E-state index contributed by atoms with van der Waals surface area (Å²) < 4.78 is 6.47. The lowest BCUT2D eigenvalue weighted by Crippen LogP contribution is -2.35. The Kier molecular flexibility index (Phi) is 8.97. The first-order valence-corrected chi connectivity index (χ1v) is 8.74. The van der Waals surface area contributed by atoms with Crippen LogP contribution in [0, 0.1) is 0 Å². The monoisotopic (exact) mass is 356 g/mol. The molecule has 21 heavy (non-hydrogen) atoms. The van der Waals surface area contributed by atoms with Crippen LogP contribution in [0.5, 0.6) is 5.75 Å². The van der Waals surface area contributed by atoms with Crippen molar-refractivity contribution in [1.29, 1.82) is 0 Å². The Bertz CT molecular complexity index is 404. The highest BCUT2D eigenvalue weighted by molar-refractivity contribution is 9.10. The van der Waals surface area contributed by atoms with Crippen molar-refractivity contribution in [2.24, 2.45) is 5.73 Å². The van der Waals surface area contributed by atoms with E-state index in [4.69, 9.17) is 10.5 Å². The van der Waals surface area contributed by atoms with Crippen molar-refractivity contribution in [3.8, 4) is 5.75 Å². The Hall–Kier alpha value is -0.580. The van der Waals surface area contributed by atoms with Crippen LogP contribution in [0.3, 0.4) is 0 Å². The second-order valence-corrected chi connectivity index (χ2v) is 6.24.